The fourth-order valence-electron chi connectivity index (χ4n) is 2.99. The lowest BCUT2D eigenvalue weighted by molar-refractivity contribution is 0.423. The molecule has 0 aromatic heterocycles. The zero-order valence-corrected chi connectivity index (χ0v) is 14.0. The zero-order valence-electron chi connectivity index (χ0n) is 14.0. The summed E-state index contributed by atoms with van der Waals surface area (Å²) < 4.78 is 0. The molecule has 1 unspecified atom stereocenters. The lowest BCUT2D eigenvalue weighted by Gasteiger charge is -2.16. The topological polar surface area (TPSA) is 40.5 Å². The number of hydrogen-bond donors (Lipinski definition) is 2. The second-order valence-electron chi connectivity index (χ2n) is 6.38. The van der Waals surface area contributed by atoms with Gasteiger partial charge in [0, 0.05) is 5.56 Å². The Labute approximate surface area is 130 Å². The van der Waals surface area contributed by atoms with Gasteiger partial charge in [-0.1, -0.05) is 65.2 Å². The predicted octanol–water partition coefficient (Wildman–Crippen LogP) is 6.04. The van der Waals surface area contributed by atoms with Crippen LogP contribution in [0.2, 0.25) is 0 Å². The van der Waals surface area contributed by atoms with Crippen molar-refractivity contribution < 1.29 is 10.2 Å². The maximum Gasteiger partial charge on any atom is 0.123 e. The molecule has 0 aliphatic heterocycles. The van der Waals surface area contributed by atoms with Crippen molar-refractivity contribution in [1.82, 2.24) is 0 Å². The Balaban J connectivity index is 2.27. The van der Waals surface area contributed by atoms with E-state index >= 15 is 0 Å². The number of benzene rings is 1. The second kappa shape index (κ2) is 9.70. The minimum absolute atomic E-state index is 0.214. The largest absolute Gasteiger partial charge is 0.508 e. The van der Waals surface area contributed by atoms with Crippen LogP contribution in [0.3, 0.4) is 0 Å². The molecule has 21 heavy (non-hydrogen) atoms. The van der Waals surface area contributed by atoms with Crippen LogP contribution in [0.15, 0.2) is 12.1 Å². The molecule has 0 fully saturated rings. The number of aryl methyl sites for hydroxylation is 1. The number of unbranched alkanes of at least 4 members (excludes halogenated alkanes) is 7. The summed E-state index contributed by atoms with van der Waals surface area (Å²) in [6, 6.07) is 3.47. The van der Waals surface area contributed by atoms with E-state index in [0.717, 1.165) is 12.0 Å². The quantitative estimate of drug-likeness (QED) is 0.516. The molecule has 2 heteroatoms. The summed E-state index contributed by atoms with van der Waals surface area (Å²) in [4.78, 5) is 0. The Morgan fingerprint density at radius 1 is 0.857 bits per heavy atom. The van der Waals surface area contributed by atoms with Crippen LogP contribution in [0.1, 0.15) is 88.7 Å². The first-order valence-electron chi connectivity index (χ1n) is 8.58. The van der Waals surface area contributed by atoms with Crippen LogP contribution in [0.4, 0.5) is 0 Å². The summed E-state index contributed by atoms with van der Waals surface area (Å²) in [6.45, 7) is 6.22. The van der Waals surface area contributed by atoms with Crippen LogP contribution in [-0.2, 0) is 0 Å². The first-order chi connectivity index (χ1) is 10.1. The van der Waals surface area contributed by atoms with E-state index in [2.05, 4.69) is 13.8 Å². The number of aromatic hydroxyl groups is 2. The van der Waals surface area contributed by atoms with E-state index in [1.54, 1.807) is 12.1 Å². The van der Waals surface area contributed by atoms with Crippen molar-refractivity contribution in [1.29, 1.82) is 0 Å². The van der Waals surface area contributed by atoms with Crippen molar-refractivity contribution >= 4 is 0 Å². The van der Waals surface area contributed by atoms with E-state index in [-0.39, 0.29) is 17.4 Å². The summed E-state index contributed by atoms with van der Waals surface area (Å²) in [5.74, 6) is 0.685. The molecule has 0 radical (unpaired) electrons. The highest BCUT2D eigenvalue weighted by molar-refractivity contribution is 5.48. The molecule has 2 N–H and O–H groups in total. The smallest absolute Gasteiger partial charge is 0.123 e. The molecule has 0 aliphatic carbocycles. The highest BCUT2D eigenvalue weighted by atomic mass is 16.3. The van der Waals surface area contributed by atoms with Gasteiger partial charge >= 0.3 is 0 Å². The molecule has 0 saturated carbocycles. The SMILES string of the molecule is CCCCCCCCCCC(C)c1c(O)cc(C)cc1O. The molecule has 1 aromatic carbocycles. The minimum atomic E-state index is 0.214. The Bertz CT molecular complexity index is 389. The maximum atomic E-state index is 10.0. The Morgan fingerprint density at radius 3 is 1.86 bits per heavy atom. The van der Waals surface area contributed by atoms with Crippen LogP contribution < -0.4 is 0 Å². The van der Waals surface area contributed by atoms with Gasteiger partial charge in [-0.2, -0.15) is 0 Å². The third-order valence-electron chi connectivity index (χ3n) is 4.26. The van der Waals surface area contributed by atoms with Crippen LogP contribution in [0, 0.1) is 6.92 Å². The van der Waals surface area contributed by atoms with Crippen molar-refractivity contribution in [3.05, 3.63) is 23.3 Å². The van der Waals surface area contributed by atoms with Gasteiger partial charge in [-0.05, 0) is 37.0 Å². The van der Waals surface area contributed by atoms with Crippen molar-refractivity contribution in [3.8, 4) is 11.5 Å². The summed E-state index contributed by atoms with van der Waals surface area (Å²) in [7, 11) is 0. The fraction of sp³-hybridized carbons (Fsp3) is 0.684. The van der Waals surface area contributed by atoms with E-state index in [4.69, 9.17) is 0 Å². The summed E-state index contributed by atoms with van der Waals surface area (Å²) in [6.07, 6.45) is 11.5. The molecule has 0 heterocycles. The summed E-state index contributed by atoms with van der Waals surface area (Å²) in [5.41, 5.74) is 1.61. The fourth-order valence-corrected chi connectivity index (χ4v) is 2.99. The second-order valence-corrected chi connectivity index (χ2v) is 6.38. The van der Waals surface area contributed by atoms with Gasteiger partial charge < -0.3 is 10.2 Å². The van der Waals surface area contributed by atoms with Crippen molar-refractivity contribution in [2.24, 2.45) is 0 Å². The van der Waals surface area contributed by atoms with Crippen LogP contribution >= 0.6 is 0 Å². The van der Waals surface area contributed by atoms with Crippen molar-refractivity contribution in [2.75, 3.05) is 0 Å². The van der Waals surface area contributed by atoms with E-state index in [9.17, 15) is 10.2 Å². The highest BCUT2D eigenvalue weighted by Gasteiger charge is 2.15. The first-order valence-corrected chi connectivity index (χ1v) is 8.58. The van der Waals surface area contributed by atoms with E-state index < -0.39 is 0 Å². The third kappa shape index (κ3) is 6.41. The normalized spacial score (nSPS) is 12.5. The molecule has 120 valence electrons. The van der Waals surface area contributed by atoms with E-state index in [1.165, 1.54) is 51.4 Å². The minimum Gasteiger partial charge on any atom is -0.508 e. The molecule has 2 nitrogen and oxygen atoms in total. The van der Waals surface area contributed by atoms with Gasteiger partial charge in [0.1, 0.15) is 11.5 Å². The molecule has 1 aromatic rings. The van der Waals surface area contributed by atoms with Crippen LogP contribution in [0.25, 0.3) is 0 Å². The lowest BCUT2D eigenvalue weighted by Crippen LogP contribution is -1.96. The van der Waals surface area contributed by atoms with Crippen LogP contribution in [-0.4, -0.2) is 10.2 Å². The lowest BCUT2D eigenvalue weighted by atomic mass is 9.92. The van der Waals surface area contributed by atoms with Gasteiger partial charge in [0.05, 0.1) is 0 Å². The van der Waals surface area contributed by atoms with Crippen molar-refractivity contribution in [3.63, 3.8) is 0 Å². The number of phenols is 2. The number of hydrogen-bond acceptors (Lipinski definition) is 2. The molecular formula is C19H32O2. The predicted molar refractivity (Wildman–Crippen MR) is 90.2 cm³/mol. The number of phenolic OH excluding ortho intramolecular Hbond substituents is 2. The molecule has 0 amide bonds. The molecule has 0 aliphatic rings. The molecule has 1 atom stereocenters. The Kier molecular flexibility index (Phi) is 8.26. The van der Waals surface area contributed by atoms with Gasteiger partial charge in [-0.15, -0.1) is 0 Å². The Hall–Kier alpha value is -1.18. The standard InChI is InChI=1S/C19H32O2/c1-4-5-6-7-8-9-10-11-12-16(3)19-17(20)13-15(2)14-18(19)21/h13-14,16,20-21H,4-12H2,1-3H3. The zero-order chi connectivity index (χ0) is 15.7. The van der Waals surface area contributed by atoms with Gasteiger partial charge in [-0.3, -0.25) is 0 Å². The van der Waals surface area contributed by atoms with Crippen LogP contribution in [0.5, 0.6) is 11.5 Å². The third-order valence-corrected chi connectivity index (χ3v) is 4.26. The highest BCUT2D eigenvalue weighted by Crippen LogP contribution is 2.37. The summed E-state index contributed by atoms with van der Waals surface area (Å²) in [5, 5.41) is 20.0. The van der Waals surface area contributed by atoms with Gasteiger partial charge in [0.2, 0.25) is 0 Å². The molecule has 1 rings (SSSR count). The molecular weight excluding hydrogens is 260 g/mol. The first kappa shape index (κ1) is 17.9. The molecule has 0 bridgehead atoms. The average molecular weight is 292 g/mol. The summed E-state index contributed by atoms with van der Waals surface area (Å²) >= 11 is 0. The van der Waals surface area contributed by atoms with Gasteiger partial charge in [0.15, 0.2) is 0 Å². The van der Waals surface area contributed by atoms with E-state index in [1.807, 2.05) is 6.92 Å². The van der Waals surface area contributed by atoms with E-state index in [0.29, 0.717) is 5.56 Å². The van der Waals surface area contributed by atoms with Crippen molar-refractivity contribution in [2.45, 2.75) is 84.5 Å². The maximum absolute atomic E-state index is 10.0. The Morgan fingerprint density at radius 2 is 1.33 bits per heavy atom. The van der Waals surface area contributed by atoms with Gasteiger partial charge in [0.25, 0.3) is 0 Å². The molecule has 0 spiro atoms. The molecule has 0 saturated heterocycles. The number of rotatable bonds is 10. The average Bonchev–Trinajstić information content (AvgIpc) is 2.40. The monoisotopic (exact) mass is 292 g/mol. The van der Waals surface area contributed by atoms with Gasteiger partial charge in [-0.25, -0.2) is 0 Å².